The van der Waals surface area contributed by atoms with Crippen LogP contribution < -0.4 is 20.9 Å². The average Bonchev–Trinajstić information content (AvgIpc) is 3.95. The third-order valence-corrected chi connectivity index (χ3v) is 11.9. The molecule has 8 aromatic rings. The van der Waals surface area contributed by atoms with Crippen molar-refractivity contribution in [1.29, 1.82) is 0 Å². The zero-order chi connectivity index (χ0) is 42.5. The van der Waals surface area contributed by atoms with E-state index in [0.29, 0.717) is 6.54 Å². The number of anilines is 3. The molecular formula is C54H57N7. The summed E-state index contributed by atoms with van der Waals surface area (Å²) in [5.74, 6) is 0. The van der Waals surface area contributed by atoms with Crippen molar-refractivity contribution in [2.24, 2.45) is 4.99 Å². The number of hydrogen-bond acceptors (Lipinski definition) is 5. The lowest BCUT2D eigenvalue weighted by atomic mass is 10.0. The van der Waals surface area contributed by atoms with Crippen molar-refractivity contribution in [2.75, 3.05) is 10.2 Å². The average molecular weight is 804 g/mol. The summed E-state index contributed by atoms with van der Waals surface area (Å²) in [5.41, 5.74) is 14.1. The smallest absolute Gasteiger partial charge is 0.130 e. The highest BCUT2D eigenvalue weighted by atomic mass is 15.3. The lowest BCUT2D eigenvalue weighted by Crippen LogP contribution is -2.36. The maximum Gasteiger partial charge on any atom is 0.130 e. The predicted molar refractivity (Wildman–Crippen MR) is 261 cm³/mol. The van der Waals surface area contributed by atoms with Gasteiger partial charge in [-0.05, 0) is 104 Å². The summed E-state index contributed by atoms with van der Waals surface area (Å²) in [6, 6.07) is 50.3. The molecule has 0 fully saturated rings. The number of benzene rings is 6. The van der Waals surface area contributed by atoms with Crippen molar-refractivity contribution >= 4 is 62.6 Å². The van der Waals surface area contributed by atoms with E-state index in [0.717, 1.165) is 41.3 Å². The Labute approximate surface area is 360 Å². The summed E-state index contributed by atoms with van der Waals surface area (Å²) in [6.07, 6.45) is 5.32. The second-order valence-corrected chi connectivity index (χ2v) is 15.2. The fourth-order valence-electron chi connectivity index (χ4n) is 9.07. The molecule has 0 amide bonds. The lowest BCUT2D eigenvalue weighted by Gasteiger charge is -2.28. The van der Waals surface area contributed by atoms with Crippen LogP contribution in [0.5, 0.6) is 0 Å². The molecule has 3 heterocycles. The Morgan fingerprint density at radius 2 is 1.39 bits per heavy atom. The van der Waals surface area contributed by atoms with Gasteiger partial charge in [0.2, 0.25) is 0 Å². The molecule has 0 bridgehead atoms. The van der Waals surface area contributed by atoms with Crippen molar-refractivity contribution in [3.63, 3.8) is 0 Å². The summed E-state index contributed by atoms with van der Waals surface area (Å²) in [4.78, 5) is 7.08. The zero-order valence-electron chi connectivity index (χ0n) is 36.1. The first-order chi connectivity index (χ1) is 30.0. The van der Waals surface area contributed by atoms with Gasteiger partial charge in [0.25, 0.3) is 0 Å². The maximum absolute atomic E-state index is 4.70. The molecule has 3 unspecified atom stereocenters. The molecule has 0 saturated carbocycles. The number of aryl methyl sites for hydroxylation is 2. The normalized spacial score (nSPS) is 14.5. The van der Waals surface area contributed by atoms with E-state index >= 15 is 0 Å². The Morgan fingerprint density at radius 1 is 0.721 bits per heavy atom. The van der Waals surface area contributed by atoms with Crippen LogP contribution in [0.3, 0.4) is 0 Å². The molecule has 1 aliphatic heterocycles. The number of allylic oxidation sites excluding steroid dienone is 2. The monoisotopic (exact) mass is 803 g/mol. The van der Waals surface area contributed by atoms with E-state index in [1.54, 1.807) is 0 Å². The van der Waals surface area contributed by atoms with E-state index in [1.807, 2.05) is 26.0 Å². The molecule has 3 atom stereocenters. The fraction of sp³-hybridized carbons (Fsp3) is 0.204. The van der Waals surface area contributed by atoms with Crippen LogP contribution in [0, 0.1) is 6.92 Å². The second-order valence-electron chi connectivity index (χ2n) is 15.2. The largest absolute Gasteiger partial charge is 0.359 e. The van der Waals surface area contributed by atoms with Crippen molar-refractivity contribution in [3.8, 4) is 0 Å². The first kappa shape index (κ1) is 41.1. The van der Waals surface area contributed by atoms with Crippen LogP contribution in [-0.4, -0.2) is 15.9 Å². The maximum atomic E-state index is 4.70. The van der Waals surface area contributed by atoms with Crippen molar-refractivity contribution < 1.29 is 0 Å². The minimum atomic E-state index is -0.373. The van der Waals surface area contributed by atoms with Crippen LogP contribution in [0.25, 0.3) is 38.8 Å². The highest BCUT2D eigenvalue weighted by molar-refractivity contribution is 6.08. The Balaban J connectivity index is 0.00000253. The molecule has 6 aromatic carbocycles. The minimum absolute atomic E-state index is 0.0577. The van der Waals surface area contributed by atoms with Gasteiger partial charge in [0.15, 0.2) is 0 Å². The first-order valence-electron chi connectivity index (χ1n) is 21.7. The molecule has 0 spiro atoms. The third-order valence-electron chi connectivity index (χ3n) is 11.9. The van der Waals surface area contributed by atoms with Crippen LogP contribution >= 0.6 is 0 Å². The van der Waals surface area contributed by atoms with Crippen LogP contribution in [0.1, 0.15) is 79.7 Å². The molecular weight excluding hydrogens is 747 g/mol. The molecule has 7 heteroatoms. The van der Waals surface area contributed by atoms with Crippen LogP contribution in [0.4, 0.5) is 17.1 Å². The number of hydrogen-bond donors (Lipinski definition) is 3. The number of fused-ring (bicyclic) bond motifs is 5. The summed E-state index contributed by atoms with van der Waals surface area (Å²) >= 11 is 0. The number of aliphatic imine (C=N–C) groups is 1. The molecule has 308 valence electrons. The van der Waals surface area contributed by atoms with Gasteiger partial charge in [0.05, 0.1) is 17.5 Å². The molecule has 0 radical (unpaired) electrons. The summed E-state index contributed by atoms with van der Waals surface area (Å²) < 4.78 is 4.76. The molecule has 2 aromatic heterocycles. The van der Waals surface area contributed by atoms with E-state index in [2.05, 4.69) is 210 Å². The van der Waals surface area contributed by atoms with Gasteiger partial charge in [0, 0.05) is 69.3 Å². The van der Waals surface area contributed by atoms with Crippen molar-refractivity contribution in [3.05, 3.63) is 192 Å². The Bertz CT molecular complexity index is 2830. The van der Waals surface area contributed by atoms with Gasteiger partial charge < -0.3 is 19.4 Å². The highest BCUT2D eigenvalue weighted by Crippen LogP contribution is 2.46. The summed E-state index contributed by atoms with van der Waals surface area (Å²) in [5, 5.41) is 15.3. The zero-order valence-corrected chi connectivity index (χ0v) is 36.1. The minimum Gasteiger partial charge on any atom is -0.359 e. The standard InChI is InChI=1S/C52H51N7.C2H6/c1-6-9-19-41-35(4)57(7-2)47-31-29-39(33-44(41)47)50(53-5)56-51(54-34-36-24-30-48-43(32-36)42-20-13-15-22-46(42)58(48)8-3)37-25-27-38(28-26-37)52-55-45-21-14-16-23-49(45)59(52)40-17-11-10-12-18-40;1-2/h6,9-33,50-52,54-56H,1,5,7-8,34H2,2-4H3;1-2H3/b19-9-;. The third kappa shape index (κ3) is 7.79. The van der Waals surface area contributed by atoms with Gasteiger partial charge in [-0.1, -0.05) is 124 Å². The van der Waals surface area contributed by atoms with Gasteiger partial charge in [-0.3, -0.25) is 15.6 Å². The quantitative estimate of drug-likeness (QED) is 0.0582. The number of rotatable bonds is 14. The molecule has 61 heavy (non-hydrogen) atoms. The Morgan fingerprint density at radius 3 is 2.15 bits per heavy atom. The van der Waals surface area contributed by atoms with E-state index in [-0.39, 0.29) is 18.5 Å². The lowest BCUT2D eigenvalue weighted by molar-refractivity contribution is 0.388. The number of aromatic nitrogens is 2. The molecule has 3 N–H and O–H groups in total. The van der Waals surface area contributed by atoms with Crippen LogP contribution in [0.2, 0.25) is 0 Å². The topological polar surface area (TPSA) is 61.6 Å². The highest BCUT2D eigenvalue weighted by Gasteiger charge is 2.31. The number of nitrogens with zero attached hydrogens (tertiary/aromatic N) is 4. The van der Waals surface area contributed by atoms with E-state index in [9.17, 15) is 0 Å². The summed E-state index contributed by atoms with van der Waals surface area (Å²) in [7, 11) is 0. The van der Waals surface area contributed by atoms with Crippen LogP contribution in [-0.2, 0) is 19.6 Å². The predicted octanol–water partition coefficient (Wildman–Crippen LogP) is 13.4. The van der Waals surface area contributed by atoms with Crippen LogP contribution in [0.15, 0.2) is 163 Å². The Hall–Kier alpha value is -6.67. The molecule has 0 saturated heterocycles. The van der Waals surface area contributed by atoms with Gasteiger partial charge in [0.1, 0.15) is 12.3 Å². The van der Waals surface area contributed by atoms with Crippen molar-refractivity contribution in [2.45, 2.75) is 72.8 Å². The molecule has 9 rings (SSSR count). The Kier molecular flexibility index (Phi) is 12.3. The summed E-state index contributed by atoms with van der Waals surface area (Å²) in [6.45, 7) is 21.1. The number of nitrogens with one attached hydrogen (secondary N) is 3. The second kappa shape index (κ2) is 18.3. The van der Waals surface area contributed by atoms with Gasteiger partial charge >= 0.3 is 0 Å². The van der Waals surface area contributed by atoms with Gasteiger partial charge in [-0.2, -0.15) is 0 Å². The van der Waals surface area contributed by atoms with Crippen molar-refractivity contribution in [1.82, 2.24) is 19.8 Å². The molecule has 7 nitrogen and oxygen atoms in total. The van der Waals surface area contributed by atoms with E-state index in [4.69, 9.17) is 4.99 Å². The van der Waals surface area contributed by atoms with Gasteiger partial charge in [-0.25, -0.2) is 0 Å². The number of para-hydroxylation sites is 4. The molecule has 0 aliphatic carbocycles. The van der Waals surface area contributed by atoms with E-state index in [1.165, 1.54) is 55.1 Å². The molecule has 1 aliphatic rings. The van der Waals surface area contributed by atoms with E-state index < -0.39 is 0 Å². The SMILES string of the molecule is C=C/C=C\c1c(C)n(CC)c2ccc(C(N=C)NC(NCc3ccc4c(c3)c3ccccc3n4CC)c3ccc(C4Nc5ccccc5N4c4ccccc4)cc3)cc12.CC. The fourth-order valence-corrected chi connectivity index (χ4v) is 9.07. The van der Waals surface area contributed by atoms with Gasteiger partial charge in [-0.15, -0.1) is 0 Å². The first-order valence-corrected chi connectivity index (χ1v) is 21.7.